The van der Waals surface area contributed by atoms with Crippen LogP contribution in [0.4, 0.5) is 5.69 Å². The molecule has 160 valence electrons. The van der Waals surface area contributed by atoms with Crippen LogP contribution in [-0.2, 0) is 16.0 Å². The Kier molecular flexibility index (Phi) is 7.78. The molecule has 0 aromatic heterocycles. The van der Waals surface area contributed by atoms with Gasteiger partial charge in [-0.25, -0.2) is 0 Å². The van der Waals surface area contributed by atoms with Crippen molar-refractivity contribution < 1.29 is 14.3 Å². The summed E-state index contributed by atoms with van der Waals surface area (Å²) in [6.45, 7) is 3.44. The normalized spacial score (nSPS) is 19.2. The third-order valence-corrected chi connectivity index (χ3v) is 6.02. The van der Waals surface area contributed by atoms with Crippen LogP contribution < -0.4 is 15.4 Å². The molecule has 1 saturated carbocycles. The first-order valence-electron chi connectivity index (χ1n) is 10.7. The highest BCUT2D eigenvalue weighted by atomic mass is 35.5. The zero-order valence-electron chi connectivity index (χ0n) is 17.0. The maximum absolute atomic E-state index is 12.4. The number of piperidine rings is 1. The van der Waals surface area contributed by atoms with E-state index in [2.05, 4.69) is 10.6 Å². The number of aryl methyl sites for hydroxylation is 1. The molecule has 2 N–H and O–H groups in total. The SMILES string of the molecule is Cl.O=C1CCc2cc(OCCCC(=O)N3CCC(NCC4CC4)CC3)ccc2N1. The first kappa shape index (κ1) is 21.9. The van der Waals surface area contributed by atoms with Gasteiger partial charge >= 0.3 is 0 Å². The van der Waals surface area contributed by atoms with E-state index >= 15 is 0 Å². The van der Waals surface area contributed by atoms with Crippen molar-refractivity contribution in [1.29, 1.82) is 0 Å². The number of nitrogens with one attached hydrogen (secondary N) is 2. The van der Waals surface area contributed by atoms with Gasteiger partial charge in [0.1, 0.15) is 5.75 Å². The largest absolute Gasteiger partial charge is 0.494 e. The third-order valence-electron chi connectivity index (χ3n) is 6.02. The summed E-state index contributed by atoms with van der Waals surface area (Å²) in [5, 5.41) is 6.53. The predicted molar refractivity (Wildman–Crippen MR) is 116 cm³/mol. The lowest BCUT2D eigenvalue weighted by Crippen LogP contribution is -2.45. The second-order valence-electron chi connectivity index (χ2n) is 8.33. The Labute approximate surface area is 179 Å². The first-order chi connectivity index (χ1) is 13.7. The smallest absolute Gasteiger partial charge is 0.224 e. The van der Waals surface area contributed by atoms with Crippen LogP contribution in [0.3, 0.4) is 0 Å². The number of hydrogen-bond acceptors (Lipinski definition) is 4. The number of hydrogen-bond donors (Lipinski definition) is 2. The summed E-state index contributed by atoms with van der Waals surface area (Å²) in [6, 6.07) is 6.36. The van der Waals surface area contributed by atoms with Crippen molar-refractivity contribution in [3.8, 4) is 5.75 Å². The molecule has 1 aromatic carbocycles. The Balaban J connectivity index is 0.00000240. The van der Waals surface area contributed by atoms with E-state index in [1.807, 2.05) is 23.1 Å². The van der Waals surface area contributed by atoms with Gasteiger partial charge < -0.3 is 20.3 Å². The Morgan fingerprint density at radius 1 is 1.17 bits per heavy atom. The van der Waals surface area contributed by atoms with Crippen molar-refractivity contribution in [3.63, 3.8) is 0 Å². The van der Waals surface area contributed by atoms with Crippen molar-refractivity contribution in [2.45, 2.75) is 57.4 Å². The van der Waals surface area contributed by atoms with Crippen molar-refractivity contribution in [1.82, 2.24) is 10.2 Å². The van der Waals surface area contributed by atoms with Gasteiger partial charge in [0.15, 0.2) is 0 Å². The Morgan fingerprint density at radius 3 is 2.72 bits per heavy atom. The van der Waals surface area contributed by atoms with Gasteiger partial charge in [0.05, 0.1) is 6.61 Å². The number of carbonyl (C=O) groups excluding carboxylic acids is 2. The van der Waals surface area contributed by atoms with Crippen molar-refractivity contribution in [2.24, 2.45) is 5.92 Å². The van der Waals surface area contributed by atoms with Crippen molar-refractivity contribution >= 4 is 29.9 Å². The Morgan fingerprint density at radius 2 is 1.97 bits per heavy atom. The number of likely N-dealkylation sites (tertiary alicyclic amines) is 1. The summed E-state index contributed by atoms with van der Waals surface area (Å²) in [5.74, 6) is 2.04. The van der Waals surface area contributed by atoms with Crippen LogP contribution in [0.1, 0.15) is 50.5 Å². The van der Waals surface area contributed by atoms with Gasteiger partial charge in [0.25, 0.3) is 0 Å². The molecule has 0 radical (unpaired) electrons. The second-order valence-corrected chi connectivity index (χ2v) is 8.33. The molecule has 2 heterocycles. The molecule has 2 fully saturated rings. The van der Waals surface area contributed by atoms with Crippen molar-refractivity contribution in [3.05, 3.63) is 23.8 Å². The first-order valence-corrected chi connectivity index (χ1v) is 10.7. The van der Waals surface area contributed by atoms with Crippen LogP contribution in [0, 0.1) is 5.92 Å². The molecule has 0 atom stereocenters. The summed E-state index contributed by atoms with van der Waals surface area (Å²) >= 11 is 0. The number of halogens is 1. The minimum absolute atomic E-state index is 0. The van der Waals surface area contributed by atoms with E-state index in [4.69, 9.17) is 4.74 Å². The predicted octanol–water partition coefficient (Wildman–Crippen LogP) is 3.14. The molecule has 2 aliphatic heterocycles. The van der Waals surface area contributed by atoms with Gasteiger partial charge in [-0.3, -0.25) is 9.59 Å². The Hall–Kier alpha value is -1.79. The van der Waals surface area contributed by atoms with Gasteiger partial charge in [-0.2, -0.15) is 0 Å². The molecule has 6 nitrogen and oxygen atoms in total. The number of ether oxygens (including phenoxy) is 1. The van der Waals surface area contributed by atoms with Crippen LogP contribution in [0.25, 0.3) is 0 Å². The zero-order valence-corrected chi connectivity index (χ0v) is 17.8. The monoisotopic (exact) mass is 421 g/mol. The molecule has 0 spiro atoms. The highest BCUT2D eigenvalue weighted by molar-refractivity contribution is 5.94. The summed E-state index contributed by atoms with van der Waals surface area (Å²) in [7, 11) is 0. The van der Waals surface area contributed by atoms with E-state index in [1.54, 1.807) is 0 Å². The third kappa shape index (κ3) is 6.34. The summed E-state index contributed by atoms with van der Waals surface area (Å²) in [4.78, 5) is 25.8. The lowest BCUT2D eigenvalue weighted by Gasteiger charge is -2.32. The fraction of sp³-hybridized carbons (Fsp3) is 0.636. The van der Waals surface area contributed by atoms with Gasteiger partial charge in [0, 0.05) is 37.7 Å². The highest BCUT2D eigenvalue weighted by Gasteiger charge is 2.25. The minimum atomic E-state index is 0. The molecule has 0 bridgehead atoms. The van der Waals surface area contributed by atoms with E-state index in [0.29, 0.717) is 25.5 Å². The summed E-state index contributed by atoms with van der Waals surface area (Å²) in [5.41, 5.74) is 2.00. The number of anilines is 1. The zero-order chi connectivity index (χ0) is 19.3. The summed E-state index contributed by atoms with van der Waals surface area (Å²) < 4.78 is 5.82. The number of carbonyl (C=O) groups is 2. The van der Waals surface area contributed by atoms with Crippen LogP contribution in [0.2, 0.25) is 0 Å². The van der Waals surface area contributed by atoms with Gasteiger partial charge in [-0.05, 0) is 74.8 Å². The fourth-order valence-corrected chi connectivity index (χ4v) is 4.01. The lowest BCUT2D eigenvalue weighted by atomic mass is 10.0. The van der Waals surface area contributed by atoms with Gasteiger partial charge in [-0.1, -0.05) is 0 Å². The molecule has 1 saturated heterocycles. The number of fused-ring (bicyclic) bond motifs is 1. The molecule has 4 rings (SSSR count). The topological polar surface area (TPSA) is 70.7 Å². The molecular formula is C22H32ClN3O3. The quantitative estimate of drug-likeness (QED) is 0.632. The second kappa shape index (κ2) is 10.3. The van der Waals surface area contributed by atoms with Crippen LogP contribution >= 0.6 is 12.4 Å². The molecule has 3 aliphatic rings. The fourth-order valence-electron chi connectivity index (χ4n) is 4.01. The molecule has 0 unspecified atom stereocenters. The maximum Gasteiger partial charge on any atom is 0.224 e. The number of amides is 2. The molecule has 7 heteroatoms. The van der Waals surface area contributed by atoms with E-state index in [9.17, 15) is 9.59 Å². The highest BCUT2D eigenvalue weighted by Crippen LogP contribution is 2.28. The molecule has 1 aromatic rings. The number of nitrogens with zero attached hydrogens (tertiary/aromatic N) is 1. The van der Waals surface area contributed by atoms with E-state index < -0.39 is 0 Å². The average Bonchev–Trinajstić information content (AvgIpc) is 3.54. The van der Waals surface area contributed by atoms with Gasteiger partial charge in [0.2, 0.25) is 11.8 Å². The Bertz CT molecular complexity index is 715. The maximum atomic E-state index is 12.4. The van der Waals surface area contributed by atoms with Crippen LogP contribution in [0.5, 0.6) is 5.75 Å². The van der Waals surface area contributed by atoms with E-state index in [1.165, 1.54) is 12.8 Å². The number of rotatable bonds is 8. The van der Waals surface area contributed by atoms with Crippen LogP contribution in [0.15, 0.2) is 18.2 Å². The average molecular weight is 422 g/mol. The lowest BCUT2D eigenvalue weighted by molar-refractivity contribution is -0.132. The van der Waals surface area contributed by atoms with Crippen LogP contribution in [-0.4, -0.2) is 49.0 Å². The summed E-state index contributed by atoms with van der Waals surface area (Å²) in [6.07, 6.45) is 7.46. The standard InChI is InChI=1S/C22H31N3O3.ClH/c26-21-8-5-17-14-19(6-7-20(17)24-21)28-13-1-2-22(27)25-11-9-18(10-12-25)23-15-16-3-4-16;/h6-7,14,16,18,23H,1-5,8-13,15H2,(H,24,26);1H. The molecular weight excluding hydrogens is 390 g/mol. The van der Waals surface area contributed by atoms with Crippen molar-refractivity contribution in [2.75, 3.05) is 31.6 Å². The molecule has 2 amide bonds. The molecule has 1 aliphatic carbocycles. The van der Waals surface area contributed by atoms with Gasteiger partial charge in [-0.15, -0.1) is 12.4 Å². The minimum Gasteiger partial charge on any atom is -0.494 e. The number of benzene rings is 1. The molecule has 29 heavy (non-hydrogen) atoms. The van der Waals surface area contributed by atoms with E-state index in [-0.39, 0.29) is 24.2 Å². The van der Waals surface area contributed by atoms with E-state index in [0.717, 1.165) is 68.2 Å².